The number of halogens is 1. The van der Waals surface area contributed by atoms with E-state index in [1.807, 2.05) is 0 Å². The van der Waals surface area contributed by atoms with Crippen molar-refractivity contribution in [2.45, 2.75) is 6.54 Å². The largest absolute Gasteiger partial charge is 0.454 e. The average Bonchev–Trinajstić information content (AvgIpc) is 2.08. The van der Waals surface area contributed by atoms with Crippen molar-refractivity contribution in [2.75, 3.05) is 5.32 Å². The van der Waals surface area contributed by atoms with Crippen LogP contribution in [0.25, 0.3) is 0 Å². The number of hydrogen-bond donors (Lipinski definition) is 2. The lowest BCUT2D eigenvalue weighted by atomic mass is 10.2. The van der Waals surface area contributed by atoms with Crippen LogP contribution in [0.2, 0.25) is 5.02 Å². The van der Waals surface area contributed by atoms with Gasteiger partial charge in [0.2, 0.25) is 0 Å². The summed E-state index contributed by atoms with van der Waals surface area (Å²) in [6.07, 6.45) is -1.39. The molecule has 0 unspecified atom stereocenters. The number of nitrogens with one attached hydrogen (secondary N) is 1. The maximum Gasteiger partial charge on any atom is 0.454 e. The molecule has 0 aromatic heterocycles. The van der Waals surface area contributed by atoms with Crippen molar-refractivity contribution in [1.29, 1.82) is 0 Å². The number of benzene rings is 1. The van der Waals surface area contributed by atoms with E-state index in [4.69, 9.17) is 17.3 Å². The first-order chi connectivity index (χ1) is 6.13. The summed E-state index contributed by atoms with van der Waals surface area (Å²) in [5.74, 6) is 0. The van der Waals surface area contributed by atoms with Gasteiger partial charge in [-0.2, -0.15) is 0 Å². The summed E-state index contributed by atoms with van der Waals surface area (Å²) in [5, 5.41) is 12.5. The van der Waals surface area contributed by atoms with Crippen LogP contribution in [0.15, 0.2) is 18.2 Å². The highest BCUT2D eigenvalue weighted by molar-refractivity contribution is 6.33. The fraction of sp³-hybridized carbons (Fsp3) is 0.125. The maximum absolute atomic E-state index is 10.2. The van der Waals surface area contributed by atoms with Gasteiger partial charge >= 0.3 is 6.09 Å². The Morgan fingerprint density at radius 1 is 1.54 bits per heavy atom. The van der Waals surface area contributed by atoms with E-state index in [9.17, 15) is 9.90 Å². The molecule has 0 saturated heterocycles. The van der Waals surface area contributed by atoms with Gasteiger partial charge in [0, 0.05) is 6.54 Å². The van der Waals surface area contributed by atoms with Gasteiger partial charge in [-0.3, -0.25) is 5.32 Å². The van der Waals surface area contributed by atoms with E-state index in [0.29, 0.717) is 17.3 Å². The Balaban J connectivity index is 2.91. The van der Waals surface area contributed by atoms with Crippen LogP contribution in [0.5, 0.6) is 0 Å². The second kappa shape index (κ2) is 4.11. The molecule has 1 aromatic carbocycles. The minimum atomic E-state index is -1.39. The highest BCUT2D eigenvalue weighted by Gasteiger charge is 2.04. The van der Waals surface area contributed by atoms with Crippen molar-refractivity contribution >= 4 is 23.4 Å². The molecule has 1 aromatic rings. The van der Waals surface area contributed by atoms with Crippen LogP contribution >= 0.6 is 11.6 Å². The molecule has 5 heteroatoms. The van der Waals surface area contributed by atoms with Crippen LogP contribution in [0.4, 0.5) is 10.5 Å². The Morgan fingerprint density at radius 3 is 2.69 bits per heavy atom. The maximum atomic E-state index is 10.2. The minimum absolute atomic E-state index is 0.305. The normalized spacial score (nSPS) is 9.69. The van der Waals surface area contributed by atoms with Crippen molar-refractivity contribution in [3.63, 3.8) is 0 Å². The van der Waals surface area contributed by atoms with Gasteiger partial charge in [0.1, 0.15) is 0 Å². The summed E-state index contributed by atoms with van der Waals surface area (Å²) in [6, 6.07) is 4.84. The third kappa shape index (κ3) is 2.61. The Bertz CT molecular complexity index is 328. The third-order valence-electron chi connectivity index (χ3n) is 1.51. The molecule has 0 aliphatic rings. The number of anilines is 1. The van der Waals surface area contributed by atoms with Crippen LogP contribution in [0, 0.1) is 0 Å². The SMILES string of the molecule is NCc1ccc(NC([O])=O)c(Cl)c1. The molecule has 0 fully saturated rings. The molecule has 1 radical (unpaired) electrons. The lowest BCUT2D eigenvalue weighted by Gasteiger charge is -2.03. The molecule has 0 spiro atoms. The molecule has 1 rings (SSSR count). The van der Waals surface area contributed by atoms with Crippen LogP contribution in [0.3, 0.4) is 0 Å². The van der Waals surface area contributed by atoms with Gasteiger partial charge < -0.3 is 5.73 Å². The summed E-state index contributed by atoms with van der Waals surface area (Å²) in [7, 11) is 0. The predicted molar refractivity (Wildman–Crippen MR) is 49.0 cm³/mol. The summed E-state index contributed by atoms with van der Waals surface area (Å²) in [5.41, 5.74) is 6.51. The molecule has 4 nitrogen and oxygen atoms in total. The smallest absolute Gasteiger partial charge is 0.326 e. The zero-order chi connectivity index (χ0) is 9.84. The van der Waals surface area contributed by atoms with Gasteiger partial charge in [-0.25, -0.2) is 9.90 Å². The number of carbonyl (C=O) groups excluding carboxylic acids is 1. The molecule has 0 aliphatic carbocycles. The van der Waals surface area contributed by atoms with Crippen LogP contribution in [0.1, 0.15) is 5.56 Å². The van der Waals surface area contributed by atoms with E-state index in [2.05, 4.69) is 5.32 Å². The molecule has 0 atom stereocenters. The quantitative estimate of drug-likeness (QED) is 0.762. The Kier molecular flexibility index (Phi) is 3.11. The Morgan fingerprint density at radius 2 is 2.23 bits per heavy atom. The topological polar surface area (TPSA) is 75.0 Å². The van der Waals surface area contributed by atoms with E-state index in [0.717, 1.165) is 5.56 Å². The van der Waals surface area contributed by atoms with E-state index in [1.54, 1.807) is 18.2 Å². The fourth-order valence-corrected chi connectivity index (χ4v) is 1.15. The number of amides is 1. The molecule has 0 saturated carbocycles. The number of carbonyl (C=O) groups is 1. The molecular weight excluding hydrogens is 192 g/mol. The Hall–Kier alpha value is -1.26. The first-order valence-electron chi connectivity index (χ1n) is 3.60. The van der Waals surface area contributed by atoms with Crippen molar-refractivity contribution in [3.8, 4) is 0 Å². The van der Waals surface area contributed by atoms with Gasteiger partial charge in [0.05, 0.1) is 10.7 Å². The monoisotopic (exact) mass is 199 g/mol. The second-order valence-corrected chi connectivity index (χ2v) is 2.84. The van der Waals surface area contributed by atoms with Crippen LogP contribution < -0.4 is 11.1 Å². The zero-order valence-electron chi connectivity index (χ0n) is 6.71. The minimum Gasteiger partial charge on any atom is -0.326 e. The standard InChI is InChI=1S/C8H8ClN2O2/c9-6-3-5(4-10)1-2-7(6)11-8(12)13/h1-3,11H,4,10H2. The van der Waals surface area contributed by atoms with Gasteiger partial charge in [0.15, 0.2) is 0 Å². The van der Waals surface area contributed by atoms with E-state index < -0.39 is 6.09 Å². The second-order valence-electron chi connectivity index (χ2n) is 2.43. The number of hydrogen-bond acceptors (Lipinski definition) is 2. The highest BCUT2D eigenvalue weighted by Crippen LogP contribution is 2.22. The van der Waals surface area contributed by atoms with E-state index >= 15 is 0 Å². The molecule has 0 heterocycles. The van der Waals surface area contributed by atoms with Crippen molar-refractivity contribution < 1.29 is 9.90 Å². The van der Waals surface area contributed by atoms with Gasteiger partial charge in [0.25, 0.3) is 0 Å². The molecule has 0 bridgehead atoms. The van der Waals surface area contributed by atoms with E-state index in [1.165, 1.54) is 0 Å². The van der Waals surface area contributed by atoms with Crippen LogP contribution in [-0.2, 0) is 11.7 Å². The van der Waals surface area contributed by atoms with Crippen molar-refractivity contribution in [3.05, 3.63) is 28.8 Å². The van der Waals surface area contributed by atoms with Crippen LogP contribution in [-0.4, -0.2) is 6.09 Å². The van der Waals surface area contributed by atoms with Gasteiger partial charge in [-0.05, 0) is 17.7 Å². The highest BCUT2D eigenvalue weighted by atomic mass is 35.5. The molecule has 3 N–H and O–H groups in total. The molecule has 1 amide bonds. The van der Waals surface area contributed by atoms with Crippen molar-refractivity contribution in [2.24, 2.45) is 5.73 Å². The van der Waals surface area contributed by atoms with Gasteiger partial charge in [-0.15, -0.1) is 0 Å². The average molecular weight is 200 g/mol. The molecule has 0 aliphatic heterocycles. The first kappa shape index (κ1) is 9.83. The fourth-order valence-electron chi connectivity index (χ4n) is 0.897. The lowest BCUT2D eigenvalue weighted by Crippen LogP contribution is -2.06. The van der Waals surface area contributed by atoms with Crippen molar-refractivity contribution in [1.82, 2.24) is 0 Å². The summed E-state index contributed by atoms with van der Waals surface area (Å²) in [6.45, 7) is 0.366. The lowest BCUT2D eigenvalue weighted by molar-refractivity contribution is 0.185. The molecular formula is C8H8ClN2O2. The third-order valence-corrected chi connectivity index (χ3v) is 1.82. The summed E-state index contributed by atoms with van der Waals surface area (Å²) in [4.78, 5) is 10.2. The van der Waals surface area contributed by atoms with Gasteiger partial charge in [-0.1, -0.05) is 17.7 Å². The summed E-state index contributed by atoms with van der Waals surface area (Å²) < 4.78 is 0. The van der Waals surface area contributed by atoms with E-state index in [-0.39, 0.29) is 0 Å². The number of rotatable bonds is 2. The zero-order valence-corrected chi connectivity index (χ0v) is 7.47. The summed E-state index contributed by atoms with van der Waals surface area (Å²) >= 11 is 5.74. The first-order valence-corrected chi connectivity index (χ1v) is 3.98. The molecule has 69 valence electrons. The number of nitrogens with two attached hydrogens (primary N) is 1. The molecule has 13 heavy (non-hydrogen) atoms. The Labute approximate surface area is 80.3 Å². The predicted octanol–water partition coefficient (Wildman–Crippen LogP) is 1.76.